The molecule has 0 N–H and O–H groups in total. The summed E-state index contributed by atoms with van der Waals surface area (Å²) in [5.41, 5.74) is 1.06. The minimum absolute atomic E-state index is 0.274. The van der Waals surface area contributed by atoms with Crippen LogP contribution in [-0.2, 0) is 6.54 Å². The number of rotatable bonds is 3. The van der Waals surface area contributed by atoms with Crippen molar-refractivity contribution >= 4 is 5.97 Å². The number of aromatic carboxylic acids is 1. The summed E-state index contributed by atoms with van der Waals surface area (Å²) in [6.45, 7) is 0.615. The van der Waals surface area contributed by atoms with E-state index in [0.717, 1.165) is 5.56 Å². The van der Waals surface area contributed by atoms with E-state index in [9.17, 15) is 9.90 Å². The fourth-order valence-electron chi connectivity index (χ4n) is 1.20. The van der Waals surface area contributed by atoms with E-state index >= 15 is 0 Å². The van der Waals surface area contributed by atoms with Gasteiger partial charge in [0.2, 0.25) is 0 Å². The maximum atomic E-state index is 10.7. The van der Waals surface area contributed by atoms with Crippen molar-refractivity contribution < 1.29 is 9.90 Å². The Kier molecular flexibility index (Phi) is 3.03. The maximum absolute atomic E-state index is 10.7. The molecular weight excluding hydrogens is 166 g/mol. The molecule has 0 saturated heterocycles. The maximum Gasteiger partial charge on any atom is 0.0718 e. The average molecular weight is 178 g/mol. The van der Waals surface area contributed by atoms with Crippen molar-refractivity contribution in [2.45, 2.75) is 6.54 Å². The first-order valence-electron chi connectivity index (χ1n) is 4.05. The molecule has 0 amide bonds. The lowest BCUT2D eigenvalue weighted by Crippen LogP contribution is -2.25. The van der Waals surface area contributed by atoms with Gasteiger partial charge in [0, 0.05) is 12.1 Å². The zero-order valence-electron chi connectivity index (χ0n) is 7.78. The monoisotopic (exact) mass is 178 g/mol. The Bertz CT molecular complexity index is 308. The van der Waals surface area contributed by atoms with Gasteiger partial charge in [-0.15, -0.1) is 0 Å². The van der Waals surface area contributed by atoms with E-state index in [2.05, 4.69) is 0 Å². The van der Waals surface area contributed by atoms with Crippen LogP contribution < -0.4 is 5.11 Å². The van der Waals surface area contributed by atoms with Crippen molar-refractivity contribution in [3.8, 4) is 0 Å². The topological polar surface area (TPSA) is 43.4 Å². The first kappa shape index (κ1) is 9.74. The van der Waals surface area contributed by atoms with Crippen LogP contribution >= 0.6 is 0 Å². The predicted octanol–water partition coefficient (Wildman–Crippen LogP) is 0.112. The van der Waals surface area contributed by atoms with Gasteiger partial charge in [0.05, 0.1) is 5.97 Å². The third-order valence-corrected chi connectivity index (χ3v) is 1.72. The molecule has 3 heteroatoms. The summed E-state index contributed by atoms with van der Waals surface area (Å²) in [5, 5.41) is 10.7. The number of hydrogen-bond donors (Lipinski definition) is 0. The van der Waals surface area contributed by atoms with Gasteiger partial charge in [-0.3, -0.25) is 0 Å². The van der Waals surface area contributed by atoms with Crippen LogP contribution in [0.3, 0.4) is 0 Å². The molecule has 0 radical (unpaired) electrons. The fourth-order valence-corrected chi connectivity index (χ4v) is 1.20. The Hall–Kier alpha value is -1.35. The van der Waals surface area contributed by atoms with Gasteiger partial charge in [0.1, 0.15) is 0 Å². The molecule has 0 atom stereocenters. The van der Waals surface area contributed by atoms with Crippen molar-refractivity contribution in [1.82, 2.24) is 4.90 Å². The fraction of sp³-hybridized carbons (Fsp3) is 0.300. The van der Waals surface area contributed by atoms with Gasteiger partial charge in [-0.05, 0) is 19.7 Å². The standard InChI is InChI=1S/C10H13NO2/c1-11(2)7-8-5-3-4-6-9(8)10(12)13/h3-6H,7H2,1-2H3,(H,12,13)/p-1. The van der Waals surface area contributed by atoms with Crippen molar-refractivity contribution in [2.24, 2.45) is 0 Å². The smallest absolute Gasteiger partial charge is 0.0718 e. The second-order valence-corrected chi connectivity index (χ2v) is 3.18. The minimum Gasteiger partial charge on any atom is -0.545 e. The highest BCUT2D eigenvalue weighted by molar-refractivity contribution is 5.87. The van der Waals surface area contributed by atoms with Gasteiger partial charge < -0.3 is 14.8 Å². The van der Waals surface area contributed by atoms with Gasteiger partial charge in [-0.2, -0.15) is 0 Å². The summed E-state index contributed by atoms with van der Waals surface area (Å²) < 4.78 is 0. The summed E-state index contributed by atoms with van der Waals surface area (Å²) in [7, 11) is 3.79. The zero-order valence-corrected chi connectivity index (χ0v) is 7.78. The summed E-state index contributed by atoms with van der Waals surface area (Å²) in [6, 6.07) is 6.88. The van der Waals surface area contributed by atoms with Crippen LogP contribution in [0.5, 0.6) is 0 Å². The van der Waals surface area contributed by atoms with E-state index in [1.807, 2.05) is 25.1 Å². The molecule has 70 valence electrons. The minimum atomic E-state index is -1.11. The Morgan fingerprint density at radius 3 is 2.54 bits per heavy atom. The Balaban J connectivity index is 2.98. The molecule has 1 aromatic rings. The van der Waals surface area contributed by atoms with Crippen molar-refractivity contribution in [3.63, 3.8) is 0 Å². The zero-order chi connectivity index (χ0) is 9.84. The van der Waals surface area contributed by atoms with Crippen molar-refractivity contribution in [1.29, 1.82) is 0 Å². The van der Waals surface area contributed by atoms with E-state index in [4.69, 9.17) is 0 Å². The molecule has 0 spiro atoms. The molecule has 1 aromatic carbocycles. The van der Waals surface area contributed by atoms with E-state index in [1.165, 1.54) is 0 Å². The number of carbonyl (C=O) groups excluding carboxylic acids is 1. The number of nitrogens with zero attached hydrogens (tertiary/aromatic N) is 1. The lowest BCUT2D eigenvalue weighted by molar-refractivity contribution is -0.255. The molecule has 0 fully saturated rings. The van der Waals surface area contributed by atoms with Crippen molar-refractivity contribution in [3.05, 3.63) is 35.4 Å². The molecule has 0 bridgehead atoms. The first-order chi connectivity index (χ1) is 6.11. The summed E-state index contributed by atoms with van der Waals surface area (Å²) >= 11 is 0. The second kappa shape index (κ2) is 4.05. The Labute approximate surface area is 77.6 Å². The van der Waals surface area contributed by atoms with E-state index < -0.39 is 5.97 Å². The normalized spacial score (nSPS) is 10.4. The molecule has 13 heavy (non-hydrogen) atoms. The van der Waals surface area contributed by atoms with Crippen LogP contribution in [0.4, 0.5) is 0 Å². The molecule has 0 aliphatic rings. The van der Waals surface area contributed by atoms with Crippen LogP contribution in [0.2, 0.25) is 0 Å². The first-order valence-corrected chi connectivity index (χ1v) is 4.05. The molecule has 0 aliphatic carbocycles. The largest absolute Gasteiger partial charge is 0.545 e. The lowest BCUT2D eigenvalue weighted by Gasteiger charge is -2.14. The van der Waals surface area contributed by atoms with Crippen LogP contribution in [0.15, 0.2) is 24.3 Å². The summed E-state index contributed by atoms with van der Waals surface area (Å²) in [6.07, 6.45) is 0. The van der Waals surface area contributed by atoms with Gasteiger partial charge in [0.15, 0.2) is 0 Å². The third-order valence-electron chi connectivity index (χ3n) is 1.72. The molecular formula is C10H12NO2-. The highest BCUT2D eigenvalue weighted by Gasteiger charge is 2.02. The molecule has 3 nitrogen and oxygen atoms in total. The molecule has 0 aliphatic heterocycles. The summed E-state index contributed by atoms with van der Waals surface area (Å²) in [5.74, 6) is -1.11. The Morgan fingerprint density at radius 2 is 2.00 bits per heavy atom. The molecule has 0 aromatic heterocycles. The van der Waals surface area contributed by atoms with Gasteiger partial charge in [-0.25, -0.2) is 0 Å². The number of hydrogen-bond acceptors (Lipinski definition) is 3. The van der Waals surface area contributed by atoms with Crippen LogP contribution in [-0.4, -0.2) is 25.0 Å². The van der Waals surface area contributed by atoms with E-state index in [0.29, 0.717) is 6.54 Å². The van der Waals surface area contributed by atoms with E-state index in [1.54, 1.807) is 18.2 Å². The number of carbonyl (C=O) groups is 1. The molecule has 0 saturated carbocycles. The van der Waals surface area contributed by atoms with E-state index in [-0.39, 0.29) is 5.56 Å². The highest BCUT2D eigenvalue weighted by Crippen LogP contribution is 2.08. The van der Waals surface area contributed by atoms with Gasteiger partial charge in [-0.1, -0.05) is 24.3 Å². The van der Waals surface area contributed by atoms with Gasteiger partial charge >= 0.3 is 0 Å². The quantitative estimate of drug-likeness (QED) is 0.660. The van der Waals surface area contributed by atoms with Crippen molar-refractivity contribution in [2.75, 3.05) is 14.1 Å². The number of benzene rings is 1. The second-order valence-electron chi connectivity index (χ2n) is 3.18. The molecule has 0 unspecified atom stereocenters. The third kappa shape index (κ3) is 2.56. The Morgan fingerprint density at radius 1 is 1.38 bits per heavy atom. The predicted molar refractivity (Wildman–Crippen MR) is 48.2 cm³/mol. The SMILES string of the molecule is CN(C)Cc1ccccc1C(=O)[O-]. The summed E-state index contributed by atoms with van der Waals surface area (Å²) in [4.78, 5) is 12.6. The number of carboxylic acids is 1. The average Bonchev–Trinajstić information content (AvgIpc) is 2.03. The van der Waals surface area contributed by atoms with Gasteiger partial charge in [0.25, 0.3) is 0 Å². The molecule has 1 rings (SSSR count). The van der Waals surface area contributed by atoms with Crippen LogP contribution in [0.1, 0.15) is 15.9 Å². The van der Waals surface area contributed by atoms with Crippen LogP contribution in [0, 0.1) is 0 Å². The van der Waals surface area contributed by atoms with Crippen LogP contribution in [0.25, 0.3) is 0 Å². The lowest BCUT2D eigenvalue weighted by atomic mass is 10.1. The number of carboxylic acid groups (broad SMARTS) is 1. The molecule has 0 heterocycles. The highest BCUT2D eigenvalue weighted by atomic mass is 16.4.